The summed E-state index contributed by atoms with van der Waals surface area (Å²) < 4.78 is 0.0431. The second kappa shape index (κ2) is 6.63. The summed E-state index contributed by atoms with van der Waals surface area (Å²) in [4.78, 5) is 32.8. The number of imide groups is 1. The Labute approximate surface area is 110 Å². The standard InChI is InChI=1S/C11H18N2O4S/c1-11(5-2-6-18-11)7-12-10(17)13-8(14)3-4-9(15)16/h2-7H2,1H3,(H,15,16)(H2,12,13,14,17). The topological polar surface area (TPSA) is 95.5 Å². The molecule has 1 unspecified atom stereocenters. The zero-order valence-corrected chi connectivity index (χ0v) is 11.1. The van der Waals surface area contributed by atoms with Gasteiger partial charge in [0.2, 0.25) is 5.91 Å². The highest BCUT2D eigenvalue weighted by molar-refractivity contribution is 8.00. The number of carboxylic acids is 1. The summed E-state index contributed by atoms with van der Waals surface area (Å²) in [6.07, 6.45) is 1.73. The molecule has 102 valence electrons. The SMILES string of the molecule is CC1(CNC(=O)NC(=O)CCC(=O)O)CCCS1. The molecule has 1 fully saturated rings. The molecule has 0 aromatic heterocycles. The lowest BCUT2D eigenvalue weighted by molar-refractivity contribution is -0.138. The minimum absolute atomic E-state index is 0.0431. The van der Waals surface area contributed by atoms with Crippen LogP contribution < -0.4 is 10.6 Å². The van der Waals surface area contributed by atoms with Crippen molar-refractivity contribution in [2.24, 2.45) is 0 Å². The fourth-order valence-corrected chi connectivity index (χ4v) is 2.94. The van der Waals surface area contributed by atoms with Gasteiger partial charge in [-0.1, -0.05) is 0 Å². The van der Waals surface area contributed by atoms with E-state index in [0.717, 1.165) is 18.6 Å². The maximum atomic E-state index is 11.4. The van der Waals surface area contributed by atoms with Crippen molar-refractivity contribution in [2.75, 3.05) is 12.3 Å². The van der Waals surface area contributed by atoms with Crippen LogP contribution in [0.3, 0.4) is 0 Å². The van der Waals surface area contributed by atoms with E-state index in [1.807, 2.05) is 11.8 Å². The molecule has 7 heteroatoms. The Morgan fingerprint density at radius 2 is 2.06 bits per heavy atom. The van der Waals surface area contributed by atoms with E-state index in [2.05, 4.69) is 17.6 Å². The number of nitrogens with one attached hydrogen (secondary N) is 2. The Balaban J connectivity index is 2.20. The molecule has 18 heavy (non-hydrogen) atoms. The number of thioether (sulfide) groups is 1. The number of carboxylic acid groups (broad SMARTS) is 1. The van der Waals surface area contributed by atoms with Crippen molar-refractivity contribution >= 4 is 29.7 Å². The lowest BCUT2D eigenvalue weighted by atomic mass is 10.1. The summed E-state index contributed by atoms with van der Waals surface area (Å²) >= 11 is 1.81. The monoisotopic (exact) mass is 274 g/mol. The van der Waals surface area contributed by atoms with E-state index in [0.29, 0.717) is 6.54 Å². The molecule has 1 rings (SSSR count). The minimum atomic E-state index is -1.06. The van der Waals surface area contributed by atoms with Crippen LogP contribution in [-0.2, 0) is 9.59 Å². The van der Waals surface area contributed by atoms with Gasteiger partial charge in [0.15, 0.2) is 0 Å². The Bertz CT molecular complexity index is 340. The lowest BCUT2D eigenvalue weighted by Gasteiger charge is -2.22. The van der Waals surface area contributed by atoms with Crippen LogP contribution in [0.25, 0.3) is 0 Å². The molecule has 0 saturated carbocycles. The van der Waals surface area contributed by atoms with Crippen molar-refractivity contribution in [3.63, 3.8) is 0 Å². The molecule has 0 aliphatic carbocycles. The Hall–Kier alpha value is -1.24. The van der Waals surface area contributed by atoms with Crippen LogP contribution in [0.1, 0.15) is 32.6 Å². The van der Waals surface area contributed by atoms with Gasteiger partial charge in [0, 0.05) is 17.7 Å². The average molecular weight is 274 g/mol. The van der Waals surface area contributed by atoms with E-state index >= 15 is 0 Å². The van der Waals surface area contributed by atoms with Gasteiger partial charge in [-0.2, -0.15) is 11.8 Å². The zero-order chi connectivity index (χ0) is 13.6. The van der Waals surface area contributed by atoms with E-state index in [-0.39, 0.29) is 17.6 Å². The second-order valence-corrected chi connectivity index (χ2v) is 6.21. The minimum Gasteiger partial charge on any atom is -0.481 e. The summed E-state index contributed by atoms with van der Waals surface area (Å²) in [6, 6.07) is -0.556. The molecule has 0 bridgehead atoms. The largest absolute Gasteiger partial charge is 0.481 e. The van der Waals surface area contributed by atoms with Crippen LogP contribution >= 0.6 is 11.8 Å². The summed E-state index contributed by atoms with van der Waals surface area (Å²) in [5.74, 6) is -0.531. The number of urea groups is 1. The van der Waals surface area contributed by atoms with E-state index in [9.17, 15) is 14.4 Å². The first kappa shape index (κ1) is 14.8. The predicted molar refractivity (Wildman–Crippen MR) is 68.5 cm³/mol. The number of carbonyl (C=O) groups excluding carboxylic acids is 2. The maximum Gasteiger partial charge on any atom is 0.321 e. The maximum absolute atomic E-state index is 11.4. The number of aliphatic carboxylic acids is 1. The number of hydrogen-bond acceptors (Lipinski definition) is 4. The fraction of sp³-hybridized carbons (Fsp3) is 0.727. The van der Waals surface area contributed by atoms with Crippen LogP contribution in [0.2, 0.25) is 0 Å². The van der Waals surface area contributed by atoms with E-state index in [1.54, 1.807) is 0 Å². The zero-order valence-electron chi connectivity index (χ0n) is 10.3. The van der Waals surface area contributed by atoms with Gasteiger partial charge in [-0.25, -0.2) is 4.79 Å². The summed E-state index contributed by atoms with van der Waals surface area (Å²) in [6.45, 7) is 2.59. The van der Waals surface area contributed by atoms with Gasteiger partial charge in [0.05, 0.1) is 6.42 Å². The van der Waals surface area contributed by atoms with E-state index in [1.165, 1.54) is 0 Å². The molecule has 1 aliphatic rings. The lowest BCUT2D eigenvalue weighted by Crippen LogP contribution is -2.44. The van der Waals surface area contributed by atoms with Crippen molar-refractivity contribution in [1.29, 1.82) is 0 Å². The highest BCUT2D eigenvalue weighted by Gasteiger charge is 2.29. The molecule has 1 aliphatic heterocycles. The van der Waals surface area contributed by atoms with Gasteiger partial charge in [-0.05, 0) is 25.5 Å². The van der Waals surface area contributed by atoms with Crippen molar-refractivity contribution in [1.82, 2.24) is 10.6 Å². The predicted octanol–water partition coefficient (Wildman–Crippen LogP) is 0.963. The van der Waals surface area contributed by atoms with Crippen LogP contribution in [0, 0.1) is 0 Å². The van der Waals surface area contributed by atoms with Gasteiger partial charge in [-0.15, -0.1) is 0 Å². The molecular formula is C11H18N2O4S. The quantitative estimate of drug-likeness (QED) is 0.694. The van der Waals surface area contributed by atoms with Crippen molar-refractivity contribution in [3.8, 4) is 0 Å². The first-order valence-corrected chi connectivity index (χ1v) is 6.83. The molecule has 3 amide bonds. The van der Waals surface area contributed by atoms with Crippen LogP contribution in [0.5, 0.6) is 0 Å². The van der Waals surface area contributed by atoms with Crippen LogP contribution in [0.4, 0.5) is 4.79 Å². The molecule has 1 saturated heterocycles. The fourth-order valence-electron chi connectivity index (χ4n) is 1.70. The number of hydrogen-bond donors (Lipinski definition) is 3. The van der Waals surface area contributed by atoms with Gasteiger partial charge in [-0.3, -0.25) is 14.9 Å². The molecule has 0 spiro atoms. The summed E-state index contributed by atoms with van der Waals surface area (Å²) in [5.41, 5.74) is 0. The molecule has 0 aromatic carbocycles. The van der Waals surface area contributed by atoms with Crippen molar-refractivity contribution in [3.05, 3.63) is 0 Å². The second-order valence-electron chi connectivity index (χ2n) is 4.53. The summed E-state index contributed by atoms with van der Waals surface area (Å²) in [5, 5.41) is 13.2. The normalized spacial score (nSPS) is 22.5. The molecule has 0 radical (unpaired) electrons. The molecule has 1 atom stereocenters. The average Bonchev–Trinajstić information content (AvgIpc) is 2.72. The first-order chi connectivity index (χ1) is 8.41. The number of amides is 3. The van der Waals surface area contributed by atoms with Gasteiger partial charge in [0.25, 0.3) is 0 Å². The third-order valence-electron chi connectivity index (χ3n) is 2.74. The third-order valence-corrected chi connectivity index (χ3v) is 4.28. The highest BCUT2D eigenvalue weighted by atomic mass is 32.2. The molecule has 1 heterocycles. The molecule has 6 nitrogen and oxygen atoms in total. The van der Waals surface area contributed by atoms with Crippen LogP contribution in [-0.4, -0.2) is 40.1 Å². The Morgan fingerprint density at radius 3 is 2.61 bits per heavy atom. The van der Waals surface area contributed by atoms with E-state index < -0.39 is 17.9 Å². The smallest absolute Gasteiger partial charge is 0.321 e. The highest BCUT2D eigenvalue weighted by Crippen LogP contribution is 2.36. The third kappa shape index (κ3) is 5.39. The Kier molecular flexibility index (Phi) is 5.46. The van der Waals surface area contributed by atoms with Gasteiger partial charge < -0.3 is 10.4 Å². The van der Waals surface area contributed by atoms with Crippen molar-refractivity contribution in [2.45, 2.75) is 37.4 Å². The van der Waals surface area contributed by atoms with Gasteiger partial charge in [0.1, 0.15) is 0 Å². The molecule has 3 N–H and O–H groups in total. The molecule has 0 aromatic rings. The number of rotatable bonds is 5. The summed E-state index contributed by atoms with van der Waals surface area (Å²) in [7, 11) is 0. The molecular weight excluding hydrogens is 256 g/mol. The van der Waals surface area contributed by atoms with Crippen LogP contribution in [0.15, 0.2) is 0 Å². The first-order valence-electron chi connectivity index (χ1n) is 5.85. The van der Waals surface area contributed by atoms with Crippen molar-refractivity contribution < 1.29 is 19.5 Å². The number of carbonyl (C=O) groups is 3. The van der Waals surface area contributed by atoms with E-state index in [4.69, 9.17) is 5.11 Å². The Morgan fingerprint density at radius 1 is 1.33 bits per heavy atom. The van der Waals surface area contributed by atoms with Gasteiger partial charge >= 0.3 is 12.0 Å².